The third kappa shape index (κ3) is 2.94. The van der Waals surface area contributed by atoms with Crippen molar-refractivity contribution >= 4 is 11.7 Å². The van der Waals surface area contributed by atoms with E-state index >= 15 is 0 Å². The van der Waals surface area contributed by atoms with Crippen LogP contribution in [-0.4, -0.2) is 31.5 Å². The van der Waals surface area contributed by atoms with Gasteiger partial charge in [-0.05, 0) is 25.5 Å². The van der Waals surface area contributed by atoms with Crippen LogP contribution >= 0.6 is 0 Å². The van der Waals surface area contributed by atoms with E-state index in [2.05, 4.69) is 16.4 Å². The van der Waals surface area contributed by atoms with Gasteiger partial charge in [0, 0.05) is 19.8 Å². The summed E-state index contributed by atoms with van der Waals surface area (Å²) in [6, 6.07) is 3.98. The molecule has 0 spiro atoms. The lowest BCUT2D eigenvalue weighted by Gasteiger charge is -2.19. The summed E-state index contributed by atoms with van der Waals surface area (Å²) in [4.78, 5) is 17.3. The Morgan fingerprint density at radius 2 is 2.24 bits per heavy atom. The van der Waals surface area contributed by atoms with Gasteiger partial charge in [-0.2, -0.15) is 5.26 Å². The Morgan fingerprint density at radius 1 is 1.59 bits per heavy atom. The zero-order valence-electron chi connectivity index (χ0n) is 10.5. The molecule has 0 atom stereocenters. The molecule has 1 N–H and O–H groups in total. The predicted octanol–water partition coefficient (Wildman–Crippen LogP) is 0.752. The van der Waals surface area contributed by atoms with Crippen molar-refractivity contribution in [2.45, 2.75) is 13.8 Å². The number of hydrogen-bond acceptors (Lipinski definition) is 4. The molecule has 1 amide bonds. The standard InChI is InChI=1S/C12H16N4O/c1-8-5-9(2)15-12(10(8)6-13)16(4)7-11(17)14-3/h5H,7H2,1-4H3,(H,14,17). The van der Waals surface area contributed by atoms with Crippen molar-refractivity contribution in [1.82, 2.24) is 10.3 Å². The van der Waals surface area contributed by atoms with E-state index in [0.29, 0.717) is 11.4 Å². The van der Waals surface area contributed by atoms with Gasteiger partial charge in [-0.25, -0.2) is 4.98 Å². The maximum Gasteiger partial charge on any atom is 0.239 e. The van der Waals surface area contributed by atoms with E-state index in [1.165, 1.54) is 0 Å². The first-order valence-corrected chi connectivity index (χ1v) is 5.29. The monoisotopic (exact) mass is 232 g/mol. The number of carbonyl (C=O) groups is 1. The van der Waals surface area contributed by atoms with Gasteiger partial charge in [0.15, 0.2) is 0 Å². The second-order valence-corrected chi connectivity index (χ2v) is 3.92. The van der Waals surface area contributed by atoms with Crippen molar-refractivity contribution in [3.63, 3.8) is 0 Å². The highest BCUT2D eigenvalue weighted by atomic mass is 16.1. The molecule has 0 aliphatic carbocycles. The molecule has 0 saturated carbocycles. The summed E-state index contributed by atoms with van der Waals surface area (Å²) in [5.74, 6) is 0.436. The van der Waals surface area contributed by atoms with Gasteiger partial charge < -0.3 is 10.2 Å². The average molecular weight is 232 g/mol. The van der Waals surface area contributed by atoms with Crippen LogP contribution in [0.25, 0.3) is 0 Å². The first-order valence-electron chi connectivity index (χ1n) is 5.29. The molecule has 0 aromatic carbocycles. The quantitative estimate of drug-likeness (QED) is 0.835. The fourth-order valence-electron chi connectivity index (χ4n) is 1.60. The third-order valence-corrected chi connectivity index (χ3v) is 2.46. The van der Waals surface area contributed by atoms with E-state index in [1.807, 2.05) is 19.9 Å². The zero-order valence-corrected chi connectivity index (χ0v) is 10.5. The SMILES string of the molecule is CNC(=O)CN(C)c1nc(C)cc(C)c1C#N. The van der Waals surface area contributed by atoms with Crippen molar-refractivity contribution in [1.29, 1.82) is 5.26 Å². The van der Waals surface area contributed by atoms with Gasteiger partial charge in [-0.1, -0.05) is 0 Å². The Hall–Kier alpha value is -2.09. The van der Waals surface area contributed by atoms with Gasteiger partial charge in [-0.15, -0.1) is 0 Å². The molecule has 0 radical (unpaired) electrons. The number of nitrogens with one attached hydrogen (secondary N) is 1. The summed E-state index contributed by atoms with van der Waals surface area (Å²) < 4.78 is 0. The summed E-state index contributed by atoms with van der Waals surface area (Å²) in [5.41, 5.74) is 2.22. The fraction of sp³-hybridized carbons (Fsp3) is 0.417. The molecule has 90 valence electrons. The maximum atomic E-state index is 11.3. The van der Waals surface area contributed by atoms with Crippen LogP contribution in [0.2, 0.25) is 0 Å². The first-order chi connectivity index (χ1) is 7.99. The number of aromatic nitrogens is 1. The van der Waals surface area contributed by atoms with Crippen molar-refractivity contribution in [2.24, 2.45) is 0 Å². The van der Waals surface area contributed by atoms with E-state index in [0.717, 1.165) is 11.3 Å². The molecule has 1 rings (SSSR count). The molecule has 0 unspecified atom stereocenters. The van der Waals surface area contributed by atoms with Gasteiger partial charge in [0.05, 0.1) is 12.1 Å². The van der Waals surface area contributed by atoms with Crippen LogP contribution in [0, 0.1) is 25.2 Å². The van der Waals surface area contributed by atoms with Gasteiger partial charge in [-0.3, -0.25) is 4.79 Å². The molecule has 0 saturated heterocycles. The van der Waals surface area contributed by atoms with Crippen LogP contribution in [0.15, 0.2) is 6.07 Å². The molecule has 1 heterocycles. The number of pyridine rings is 1. The fourth-order valence-corrected chi connectivity index (χ4v) is 1.60. The summed E-state index contributed by atoms with van der Waals surface area (Å²) >= 11 is 0. The number of nitrogens with zero attached hydrogens (tertiary/aromatic N) is 3. The summed E-state index contributed by atoms with van der Waals surface area (Å²) in [6.07, 6.45) is 0. The van der Waals surface area contributed by atoms with Gasteiger partial charge in [0.2, 0.25) is 5.91 Å². The van der Waals surface area contributed by atoms with Crippen molar-refractivity contribution in [3.8, 4) is 6.07 Å². The molecular formula is C12H16N4O. The molecule has 1 aromatic rings. The van der Waals surface area contributed by atoms with Gasteiger partial charge >= 0.3 is 0 Å². The first kappa shape index (κ1) is 13.0. The highest BCUT2D eigenvalue weighted by Crippen LogP contribution is 2.20. The maximum absolute atomic E-state index is 11.3. The minimum atomic E-state index is -0.114. The van der Waals surface area contributed by atoms with Crippen LogP contribution < -0.4 is 10.2 Å². The minimum Gasteiger partial charge on any atom is -0.358 e. The molecule has 0 aliphatic heterocycles. The van der Waals surface area contributed by atoms with E-state index in [1.54, 1.807) is 19.0 Å². The molecule has 1 aromatic heterocycles. The van der Waals surface area contributed by atoms with E-state index in [-0.39, 0.29) is 12.5 Å². The normalized spacial score (nSPS) is 9.59. The van der Waals surface area contributed by atoms with E-state index < -0.39 is 0 Å². The average Bonchev–Trinajstić information content (AvgIpc) is 2.27. The number of likely N-dealkylation sites (N-methyl/N-ethyl adjacent to an activating group) is 2. The smallest absolute Gasteiger partial charge is 0.239 e. The molecule has 0 bridgehead atoms. The molecule has 0 fully saturated rings. The number of amides is 1. The number of rotatable bonds is 3. The number of anilines is 1. The molecular weight excluding hydrogens is 216 g/mol. The number of nitriles is 1. The van der Waals surface area contributed by atoms with Crippen molar-refractivity contribution < 1.29 is 4.79 Å². The highest BCUT2D eigenvalue weighted by Gasteiger charge is 2.14. The molecule has 5 nitrogen and oxygen atoms in total. The van der Waals surface area contributed by atoms with Crippen LogP contribution in [0.4, 0.5) is 5.82 Å². The Kier molecular flexibility index (Phi) is 4.05. The lowest BCUT2D eigenvalue weighted by molar-refractivity contribution is -0.119. The Bertz CT molecular complexity index is 476. The lowest BCUT2D eigenvalue weighted by atomic mass is 10.1. The number of aryl methyl sites for hydroxylation is 2. The third-order valence-electron chi connectivity index (χ3n) is 2.46. The summed E-state index contributed by atoms with van der Waals surface area (Å²) in [6.45, 7) is 3.91. The highest BCUT2D eigenvalue weighted by molar-refractivity contribution is 5.81. The second kappa shape index (κ2) is 5.30. The van der Waals surface area contributed by atoms with Crippen LogP contribution in [0.3, 0.4) is 0 Å². The van der Waals surface area contributed by atoms with Crippen molar-refractivity contribution in [3.05, 3.63) is 22.9 Å². The lowest BCUT2D eigenvalue weighted by Crippen LogP contribution is -2.34. The number of hydrogen-bond donors (Lipinski definition) is 1. The van der Waals surface area contributed by atoms with Crippen LogP contribution in [0.1, 0.15) is 16.8 Å². The number of carbonyl (C=O) groups excluding carboxylic acids is 1. The largest absolute Gasteiger partial charge is 0.358 e. The summed E-state index contributed by atoms with van der Waals surface area (Å²) in [5, 5.41) is 11.7. The zero-order chi connectivity index (χ0) is 13.0. The summed E-state index contributed by atoms with van der Waals surface area (Å²) in [7, 11) is 3.33. The predicted molar refractivity (Wildman–Crippen MR) is 65.8 cm³/mol. The Balaban J connectivity index is 3.12. The van der Waals surface area contributed by atoms with Gasteiger partial charge in [0.1, 0.15) is 11.9 Å². The van der Waals surface area contributed by atoms with Gasteiger partial charge in [0.25, 0.3) is 0 Å². The molecule has 17 heavy (non-hydrogen) atoms. The van der Waals surface area contributed by atoms with Crippen molar-refractivity contribution in [2.75, 3.05) is 25.5 Å². The molecule has 0 aliphatic rings. The van der Waals surface area contributed by atoms with E-state index in [4.69, 9.17) is 5.26 Å². The topological polar surface area (TPSA) is 69.0 Å². The minimum absolute atomic E-state index is 0.114. The molecule has 5 heteroatoms. The van der Waals surface area contributed by atoms with Crippen LogP contribution in [-0.2, 0) is 4.79 Å². The Labute approximate surface area is 101 Å². The van der Waals surface area contributed by atoms with Crippen LogP contribution in [0.5, 0.6) is 0 Å². The second-order valence-electron chi connectivity index (χ2n) is 3.92. The Morgan fingerprint density at radius 3 is 2.76 bits per heavy atom. The van der Waals surface area contributed by atoms with E-state index in [9.17, 15) is 4.79 Å².